The van der Waals surface area contributed by atoms with Crippen molar-refractivity contribution in [3.63, 3.8) is 0 Å². The highest BCUT2D eigenvalue weighted by molar-refractivity contribution is 5.88. The van der Waals surface area contributed by atoms with Gasteiger partial charge < -0.3 is 0 Å². The van der Waals surface area contributed by atoms with Crippen LogP contribution in [-0.4, -0.2) is 0 Å². The summed E-state index contributed by atoms with van der Waals surface area (Å²) in [7, 11) is 0. The molecule has 3 aromatic rings. The van der Waals surface area contributed by atoms with Gasteiger partial charge in [0.2, 0.25) is 0 Å². The quantitative estimate of drug-likeness (QED) is 0.365. The Morgan fingerprint density at radius 1 is 0.879 bits per heavy atom. The predicted octanol–water partition coefficient (Wildman–Crippen LogP) is 8.90. The van der Waals surface area contributed by atoms with Crippen molar-refractivity contribution in [3.05, 3.63) is 112 Å². The second kappa shape index (κ2) is 9.56. The molecule has 0 atom stereocenters. The van der Waals surface area contributed by atoms with E-state index in [1.165, 1.54) is 75.8 Å². The van der Waals surface area contributed by atoms with Crippen LogP contribution < -0.4 is 0 Å². The lowest BCUT2D eigenvalue weighted by molar-refractivity contribution is 0.348. The molecule has 0 nitrogen and oxygen atoms in total. The summed E-state index contributed by atoms with van der Waals surface area (Å²) < 4.78 is 0. The molecule has 0 amide bonds. The fourth-order valence-corrected chi connectivity index (χ4v) is 5.62. The van der Waals surface area contributed by atoms with Gasteiger partial charge in [0.15, 0.2) is 0 Å². The molecule has 3 aromatic carbocycles. The fraction of sp³-hybridized carbons (Fsp3) is 0.333. The topological polar surface area (TPSA) is 0 Å². The number of allylic oxidation sites excluding steroid dienone is 2. The Kier molecular flexibility index (Phi) is 6.36. The van der Waals surface area contributed by atoms with E-state index in [1.54, 1.807) is 0 Å². The number of aryl methyl sites for hydroxylation is 1. The first-order valence-electron chi connectivity index (χ1n) is 12.8. The number of benzene rings is 3. The van der Waals surface area contributed by atoms with Gasteiger partial charge in [0.1, 0.15) is 0 Å². The fourth-order valence-electron chi connectivity index (χ4n) is 5.62. The summed E-state index contributed by atoms with van der Waals surface area (Å²) in [4.78, 5) is 0. The summed E-state index contributed by atoms with van der Waals surface area (Å²) >= 11 is 0. The van der Waals surface area contributed by atoms with E-state index in [0.29, 0.717) is 0 Å². The maximum Gasteiger partial charge on any atom is -0.00136 e. The second-order valence-corrected chi connectivity index (χ2v) is 10.3. The maximum atomic E-state index is 4.43. The molecule has 0 heterocycles. The molecule has 1 saturated carbocycles. The van der Waals surface area contributed by atoms with E-state index >= 15 is 0 Å². The van der Waals surface area contributed by atoms with E-state index in [9.17, 15) is 0 Å². The molecule has 0 radical (unpaired) electrons. The van der Waals surface area contributed by atoms with E-state index in [0.717, 1.165) is 31.1 Å². The first-order chi connectivity index (χ1) is 16.1. The normalized spacial score (nSPS) is 19.8. The standard InChI is InChI=1S/C33H36/c1-4-25-6-5-7-30(19-25)33-21-31-13-10-26(20-32(31)22-33)18-24(3)27-14-16-29(17-15-27)28-11-8-23(2)9-12-28/h5-7,10,13-17,19-21,23,28H,3-4,8-9,11-12,18,22H2,1-2H3. The van der Waals surface area contributed by atoms with Gasteiger partial charge in [-0.25, -0.2) is 0 Å². The molecule has 168 valence electrons. The van der Waals surface area contributed by atoms with Crippen molar-refractivity contribution in [1.82, 2.24) is 0 Å². The molecule has 0 aromatic heterocycles. The number of hydrogen-bond donors (Lipinski definition) is 0. The minimum absolute atomic E-state index is 0.750. The summed E-state index contributed by atoms with van der Waals surface area (Å²) in [6.07, 6.45) is 10.8. The Morgan fingerprint density at radius 2 is 1.67 bits per heavy atom. The van der Waals surface area contributed by atoms with Crippen molar-refractivity contribution >= 4 is 17.2 Å². The van der Waals surface area contributed by atoms with Gasteiger partial charge >= 0.3 is 0 Å². The van der Waals surface area contributed by atoms with Crippen LogP contribution in [0, 0.1) is 5.92 Å². The molecule has 5 rings (SSSR count). The van der Waals surface area contributed by atoms with E-state index in [-0.39, 0.29) is 0 Å². The molecule has 33 heavy (non-hydrogen) atoms. The third-order valence-electron chi connectivity index (χ3n) is 7.85. The Labute approximate surface area is 200 Å². The molecule has 2 aliphatic rings. The second-order valence-electron chi connectivity index (χ2n) is 10.3. The predicted molar refractivity (Wildman–Crippen MR) is 143 cm³/mol. The zero-order valence-corrected chi connectivity index (χ0v) is 20.2. The lowest BCUT2D eigenvalue weighted by atomic mass is 9.79. The summed E-state index contributed by atoms with van der Waals surface area (Å²) in [5, 5.41) is 0. The lowest BCUT2D eigenvalue weighted by Gasteiger charge is -2.26. The Hall–Kier alpha value is -2.86. The number of hydrogen-bond acceptors (Lipinski definition) is 0. The monoisotopic (exact) mass is 432 g/mol. The summed E-state index contributed by atoms with van der Waals surface area (Å²) in [6, 6.07) is 25.3. The van der Waals surface area contributed by atoms with Gasteiger partial charge in [0.25, 0.3) is 0 Å². The number of rotatable bonds is 6. The van der Waals surface area contributed by atoms with E-state index in [4.69, 9.17) is 0 Å². The highest BCUT2D eigenvalue weighted by Gasteiger charge is 2.20. The van der Waals surface area contributed by atoms with Gasteiger partial charge in [-0.15, -0.1) is 0 Å². The molecule has 0 spiro atoms. The first-order valence-corrected chi connectivity index (χ1v) is 12.8. The van der Waals surface area contributed by atoms with Crippen molar-refractivity contribution in [2.45, 2.75) is 64.7 Å². The summed E-state index contributed by atoms with van der Waals surface area (Å²) in [5.41, 5.74) is 12.4. The van der Waals surface area contributed by atoms with Crippen molar-refractivity contribution in [3.8, 4) is 0 Å². The average Bonchev–Trinajstić information content (AvgIpc) is 3.28. The van der Waals surface area contributed by atoms with E-state index in [2.05, 4.69) is 93.2 Å². The minimum Gasteiger partial charge on any atom is -0.0949 e. The van der Waals surface area contributed by atoms with Crippen molar-refractivity contribution < 1.29 is 0 Å². The van der Waals surface area contributed by atoms with Crippen LogP contribution in [-0.2, 0) is 19.3 Å². The molecular weight excluding hydrogens is 396 g/mol. The molecule has 0 saturated heterocycles. The molecule has 1 fully saturated rings. The third-order valence-corrected chi connectivity index (χ3v) is 7.85. The van der Waals surface area contributed by atoms with E-state index in [1.807, 2.05) is 0 Å². The van der Waals surface area contributed by atoms with Crippen LogP contribution in [0.2, 0.25) is 0 Å². The van der Waals surface area contributed by atoms with Crippen LogP contribution in [0.4, 0.5) is 0 Å². The van der Waals surface area contributed by atoms with Gasteiger partial charge in [0, 0.05) is 0 Å². The first kappa shape index (κ1) is 22.0. The average molecular weight is 433 g/mol. The molecule has 0 aliphatic heterocycles. The SMILES string of the molecule is C=C(Cc1ccc2c(c1)CC(c1cccc(CC)c1)=C2)c1ccc(C2CCC(C)CC2)cc1. The van der Waals surface area contributed by atoms with Crippen LogP contribution in [0.1, 0.15) is 84.4 Å². The lowest BCUT2D eigenvalue weighted by Crippen LogP contribution is -2.10. The molecule has 0 unspecified atom stereocenters. The van der Waals surface area contributed by atoms with Crippen molar-refractivity contribution in [1.29, 1.82) is 0 Å². The smallest absolute Gasteiger partial charge is 0.00136 e. The van der Waals surface area contributed by atoms with Gasteiger partial charge in [-0.05, 0) is 94.0 Å². The van der Waals surface area contributed by atoms with Gasteiger partial charge in [-0.2, -0.15) is 0 Å². The van der Waals surface area contributed by atoms with Gasteiger partial charge in [0.05, 0.1) is 0 Å². The highest BCUT2D eigenvalue weighted by Crippen LogP contribution is 2.36. The summed E-state index contributed by atoms with van der Waals surface area (Å²) in [5.74, 6) is 1.65. The van der Waals surface area contributed by atoms with Crippen LogP contribution in [0.25, 0.3) is 17.2 Å². The van der Waals surface area contributed by atoms with Crippen LogP contribution in [0.5, 0.6) is 0 Å². The van der Waals surface area contributed by atoms with Crippen LogP contribution in [0.15, 0.2) is 73.3 Å². The third kappa shape index (κ3) is 4.91. The van der Waals surface area contributed by atoms with Gasteiger partial charge in [-0.1, -0.05) is 106 Å². The highest BCUT2D eigenvalue weighted by atomic mass is 14.2. The minimum atomic E-state index is 0.750. The molecule has 0 heteroatoms. The molecular formula is C33H36. The molecule has 0 bridgehead atoms. The molecule has 2 aliphatic carbocycles. The number of fused-ring (bicyclic) bond motifs is 1. The maximum absolute atomic E-state index is 4.43. The van der Waals surface area contributed by atoms with Crippen LogP contribution in [0.3, 0.4) is 0 Å². The summed E-state index contributed by atoms with van der Waals surface area (Å²) in [6.45, 7) is 9.05. The Balaban J connectivity index is 1.24. The van der Waals surface area contributed by atoms with E-state index < -0.39 is 0 Å². The zero-order chi connectivity index (χ0) is 22.8. The molecule has 0 N–H and O–H groups in total. The largest absolute Gasteiger partial charge is 0.0949 e. The van der Waals surface area contributed by atoms with Gasteiger partial charge in [-0.3, -0.25) is 0 Å². The van der Waals surface area contributed by atoms with Crippen molar-refractivity contribution in [2.75, 3.05) is 0 Å². The zero-order valence-electron chi connectivity index (χ0n) is 20.2. The Bertz CT molecular complexity index is 1170. The van der Waals surface area contributed by atoms with Crippen molar-refractivity contribution in [2.24, 2.45) is 5.92 Å². The Morgan fingerprint density at radius 3 is 2.42 bits per heavy atom. The van der Waals surface area contributed by atoms with Crippen LogP contribution >= 0.6 is 0 Å².